The van der Waals surface area contributed by atoms with Gasteiger partial charge in [-0.05, 0) is 26.2 Å². The van der Waals surface area contributed by atoms with E-state index >= 15 is 0 Å². The summed E-state index contributed by atoms with van der Waals surface area (Å²) in [6, 6.07) is 0. The number of rotatable bonds is 6. The Balaban J connectivity index is 2.95. The molecule has 0 fully saturated rings. The van der Waals surface area contributed by atoms with Crippen LogP contribution in [0.5, 0.6) is 0 Å². The standard InChI is InChI=1S/C13H22N2O2/c1-5-8-15(9-6-2)13(16)12-10(4)17-14-11(12)7-3/h5-9H2,1-4H3. The zero-order chi connectivity index (χ0) is 12.8. The summed E-state index contributed by atoms with van der Waals surface area (Å²) in [5.74, 6) is 0.688. The van der Waals surface area contributed by atoms with Gasteiger partial charge in [-0.15, -0.1) is 0 Å². The van der Waals surface area contributed by atoms with E-state index in [1.54, 1.807) is 6.92 Å². The molecule has 0 radical (unpaired) electrons. The van der Waals surface area contributed by atoms with Gasteiger partial charge in [0.15, 0.2) is 0 Å². The van der Waals surface area contributed by atoms with Crippen LogP contribution in [-0.2, 0) is 6.42 Å². The van der Waals surface area contributed by atoms with Gasteiger partial charge in [-0.1, -0.05) is 25.9 Å². The Kier molecular flexibility index (Phi) is 5.19. The molecule has 0 aliphatic rings. The lowest BCUT2D eigenvalue weighted by Crippen LogP contribution is -2.33. The second-order valence-corrected chi connectivity index (χ2v) is 4.21. The van der Waals surface area contributed by atoms with Crippen molar-refractivity contribution >= 4 is 5.91 Å². The molecular formula is C13H22N2O2. The fourth-order valence-electron chi connectivity index (χ4n) is 1.95. The molecule has 0 N–H and O–H groups in total. The lowest BCUT2D eigenvalue weighted by Gasteiger charge is -2.21. The average molecular weight is 238 g/mol. The van der Waals surface area contributed by atoms with Gasteiger partial charge < -0.3 is 9.42 Å². The van der Waals surface area contributed by atoms with Crippen molar-refractivity contribution in [1.82, 2.24) is 10.1 Å². The number of nitrogens with zero attached hydrogens (tertiary/aromatic N) is 2. The molecule has 96 valence electrons. The first-order valence-electron chi connectivity index (χ1n) is 6.40. The number of hydrogen-bond donors (Lipinski definition) is 0. The van der Waals surface area contributed by atoms with Crippen molar-refractivity contribution in [3.63, 3.8) is 0 Å². The predicted molar refractivity (Wildman–Crippen MR) is 67.1 cm³/mol. The monoisotopic (exact) mass is 238 g/mol. The smallest absolute Gasteiger partial charge is 0.259 e. The zero-order valence-corrected chi connectivity index (χ0v) is 11.2. The molecule has 17 heavy (non-hydrogen) atoms. The molecule has 1 amide bonds. The lowest BCUT2D eigenvalue weighted by molar-refractivity contribution is 0.0753. The molecule has 0 atom stereocenters. The second-order valence-electron chi connectivity index (χ2n) is 4.21. The van der Waals surface area contributed by atoms with Crippen molar-refractivity contribution in [1.29, 1.82) is 0 Å². The first-order chi connectivity index (χ1) is 8.15. The molecule has 0 aliphatic carbocycles. The van der Waals surface area contributed by atoms with Gasteiger partial charge in [-0.3, -0.25) is 4.79 Å². The van der Waals surface area contributed by atoms with E-state index in [2.05, 4.69) is 19.0 Å². The van der Waals surface area contributed by atoms with Crippen LogP contribution in [0.25, 0.3) is 0 Å². The number of carbonyl (C=O) groups is 1. The van der Waals surface area contributed by atoms with Crippen LogP contribution >= 0.6 is 0 Å². The molecule has 1 heterocycles. The molecule has 1 aromatic rings. The quantitative estimate of drug-likeness (QED) is 0.765. The van der Waals surface area contributed by atoms with Crippen LogP contribution in [0.1, 0.15) is 55.4 Å². The van der Waals surface area contributed by atoms with E-state index in [1.807, 2.05) is 11.8 Å². The van der Waals surface area contributed by atoms with Crippen LogP contribution in [-0.4, -0.2) is 29.1 Å². The minimum atomic E-state index is 0.0595. The van der Waals surface area contributed by atoms with E-state index in [1.165, 1.54) is 0 Å². The highest BCUT2D eigenvalue weighted by molar-refractivity contribution is 5.96. The van der Waals surface area contributed by atoms with Gasteiger partial charge in [0.05, 0.1) is 5.69 Å². The van der Waals surface area contributed by atoms with Crippen molar-refractivity contribution in [2.24, 2.45) is 0 Å². The summed E-state index contributed by atoms with van der Waals surface area (Å²) in [6.07, 6.45) is 2.67. The number of hydrogen-bond acceptors (Lipinski definition) is 3. The second kappa shape index (κ2) is 6.42. The van der Waals surface area contributed by atoms with E-state index in [-0.39, 0.29) is 5.91 Å². The summed E-state index contributed by atoms with van der Waals surface area (Å²) in [5.41, 5.74) is 1.43. The zero-order valence-electron chi connectivity index (χ0n) is 11.2. The largest absolute Gasteiger partial charge is 0.361 e. The van der Waals surface area contributed by atoms with Gasteiger partial charge in [0, 0.05) is 13.1 Å². The van der Waals surface area contributed by atoms with Gasteiger partial charge in [0.2, 0.25) is 0 Å². The van der Waals surface area contributed by atoms with Crippen molar-refractivity contribution in [3.05, 3.63) is 17.0 Å². The summed E-state index contributed by atoms with van der Waals surface area (Å²) >= 11 is 0. The molecule has 4 heteroatoms. The molecule has 0 aliphatic heterocycles. The molecule has 0 unspecified atom stereocenters. The maximum Gasteiger partial charge on any atom is 0.259 e. The normalized spacial score (nSPS) is 10.6. The summed E-state index contributed by atoms with van der Waals surface area (Å²) in [6.45, 7) is 9.53. The Bertz CT molecular complexity index is 365. The van der Waals surface area contributed by atoms with E-state index in [4.69, 9.17) is 4.52 Å². The Morgan fingerprint density at radius 1 is 1.24 bits per heavy atom. The van der Waals surface area contributed by atoms with Crippen LogP contribution in [0.3, 0.4) is 0 Å². The number of aryl methyl sites for hydroxylation is 2. The van der Waals surface area contributed by atoms with Crippen molar-refractivity contribution in [2.45, 2.75) is 47.0 Å². The minimum Gasteiger partial charge on any atom is -0.361 e. The Labute approximate surface area is 103 Å². The van der Waals surface area contributed by atoms with Crippen LogP contribution in [0.4, 0.5) is 0 Å². The van der Waals surface area contributed by atoms with E-state index in [0.717, 1.165) is 38.0 Å². The van der Waals surface area contributed by atoms with Gasteiger partial charge >= 0.3 is 0 Å². The third kappa shape index (κ3) is 3.08. The highest BCUT2D eigenvalue weighted by Crippen LogP contribution is 2.17. The summed E-state index contributed by atoms with van der Waals surface area (Å²) < 4.78 is 5.12. The van der Waals surface area contributed by atoms with Crippen LogP contribution in [0.15, 0.2) is 4.52 Å². The molecule has 4 nitrogen and oxygen atoms in total. The van der Waals surface area contributed by atoms with Crippen molar-refractivity contribution in [2.75, 3.05) is 13.1 Å². The topological polar surface area (TPSA) is 46.3 Å². The first kappa shape index (κ1) is 13.7. The Hall–Kier alpha value is -1.32. The van der Waals surface area contributed by atoms with Gasteiger partial charge in [-0.25, -0.2) is 0 Å². The number of aromatic nitrogens is 1. The highest BCUT2D eigenvalue weighted by Gasteiger charge is 2.23. The molecule has 0 bridgehead atoms. The summed E-state index contributed by atoms with van der Waals surface area (Å²) in [4.78, 5) is 14.3. The van der Waals surface area contributed by atoms with Crippen LogP contribution < -0.4 is 0 Å². The SMILES string of the molecule is CCCN(CCC)C(=O)c1c(CC)noc1C. The van der Waals surface area contributed by atoms with Crippen LogP contribution in [0.2, 0.25) is 0 Å². The Morgan fingerprint density at radius 2 is 1.82 bits per heavy atom. The van der Waals surface area contributed by atoms with Gasteiger partial charge in [0.25, 0.3) is 5.91 Å². The van der Waals surface area contributed by atoms with Crippen LogP contribution in [0, 0.1) is 6.92 Å². The molecule has 0 aromatic carbocycles. The number of carbonyl (C=O) groups excluding carboxylic acids is 1. The highest BCUT2D eigenvalue weighted by atomic mass is 16.5. The van der Waals surface area contributed by atoms with E-state index < -0.39 is 0 Å². The average Bonchev–Trinajstić information content (AvgIpc) is 2.69. The summed E-state index contributed by atoms with van der Waals surface area (Å²) in [5, 5.41) is 3.94. The Morgan fingerprint density at radius 3 is 2.29 bits per heavy atom. The van der Waals surface area contributed by atoms with Crippen molar-refractivity contribution < 1.29 is 9.32 Å². The fourth-order valence-corrected chi connectivity index (χ4v) is 1.95. The predicted octanol–water partition coefficient (Wildman–Crippen LogP) is 2.81. The third-order valence-corrected chi connectivity index (χ3v) is 2.76. The number of amides is 1. The molecule has 0 spiro atoms. The van der Waals surface area contributed by atoms with Crippen molar-refractivity contribution in [3.8, 4) is 0 Å². The van der Waals surface area contributed by atoms with Gasteiger partial charge in [-0.2, -0.15) is 0 Å². The maximum atomic E-state index is 12.4. The molecule has 1 rings (SSSR count). The molecular weight excluding hydrogens is 216 g/mol. The van der Waals surface area contributed by atoms with E-state index in [9.17, 15) is 4.79 Å². The lowest BCUT2D eigenvalue weighted by atomic mass is 10.1. The summed E-state index contributed by atoms with van der Waals surface area (Å²) in [7, 11) is 0. The maximum absolute atomic E-state index is 12.4. The minimum absolute atomic E-state index is 0.0595. The molecule has 1 aromatic heterocycles. The third-order valence-electron chi connectivity index (χ3n) is 2.76. The molecule has 0 saturated heterocycles. The fraction of sp³-hybridized carbons (Fsp3) is 0.692. The molecule has 0 saturated carbocycles. The first-order valence-corrected chi connectivity index (χ1v) is 6.40. The van der Waals surface area contributed by atoms with E-state index in [0.29, 0.717) is 11.3 Å². The van der Waals surface area contributed by atoms with Gasteiger partial charge in [0.1, 0.15) is 11.3 Å².